The van der Waals surface area contributed by atoms with Crippen LogP contribution in [0.4, 0.5) is 0 Å². The number of fused-ring (bicyclic) bond motifs is 1. The highest BCUT2D eigenvalue weighted by Crippen LogP contribution is 2.34. The van der Waals surface area contributed by atoms with Gasteiger partial charge in [0.2, 0.25) is 0 Å². The van der Waals surface area contributed by atoms with E-state index in [1.165, 1.54) is 29.5 Å². The molecule has 1 fully saturated rings. The quantitative estimate of drug-likeness (QED) is 0.793. The molecule has 2 N–H and O–H groups in total. The molecule has 2 nitrogen and oxygen atoms in total. The van der Waals surface area contributed by atoms with Gasteiger partial charge in [0.25, 0.3) is 0 Å². The van der Waals surface area contributed by atoms with E-state index in [9.17, 15) is 0 Å². The Morgan fingerprint density at radius 1 is 1.24 bits per heavy atom. The lowest BCUT2D eigenvalue weighted by molar-refractivity contribution is 0.454. The lowest BCUT2D eigenvalue weighted by Gasteiger charge is -2.22. The van der Waals surface area contributed by atoms with E-state index in [-0.39, 0.29) is 0 Å². The third kappa shape index (κ3) is 1.85. The molecule has 1 aliphatic heterocycles. The van der Waals surface area contributed by atoms with Gasteiger partial charge in [-0.15, -0.1) is 0 Å². The third-order valence-corrected chi connectivity index (χ3v) is 4.14. The fraction of sp³-hybridized carbons (Fsp3) is 0.429. The Morgan fingerprint density at radius 2 is 2.00 bits per heavy atom. The number of aromatic nitrogens is 1. The Kier molecular flexibility index (Phi) is 2.85. The molecule has 0 unspecified atom stereocenters. The molecule has 1 aliphatic rings. The van der Waals surface area contributed by atoms with Crippen LogP contribution in [-0.4, -0.2) is 18.1 Å². The van der Waals surface area contributed by atoms with Gasteiger partial charge in [-0.1, -0.05) is 23.7 Å². The van der Waals surface area contributed by atoms with Gasteiger partial charge in [0.1, 0.15) is 0 Å². The SMILES string of the molecule is Cc1c(C2CCNCC2)[nH]c2c(Cl)cccc12. The van der Waals surface area contributed by atoms with Crippen molar-refractivity contribution >= 4 is 22.5 Å². The zero-order chi connectivity index (χ0) is 11.8. The first-order valence-corrected chi connectivity index (χ1v) is 6.62. The molecule has 1 saturated heterocycles. The number of aryl methyl sites for hydroxylation is 1. The smallest absolute Gasteiger partial charge is 0.0648 e. The highest BCUT2D eigenvalue weighted by Gasteiger charge is 2.20. The Labute approximate surface area is 106 Å². The molecule has 0 atom stereocenters. The summed E-state index contributed by atoms with van der Waals surface area (Å²) in [4.78, 5) is 3.54. The lowest BCUT2D eigenvalue weighted by Crippen LogP contribution is -2.27. The summed E-state index contributed by atoms with van der Waals surface area (Å²) in [5, 5.41) is 5.50. The normalized spacial score (nSPS) is 17.8. The molecule has 3 heteroatoms. The van der Waals surface area contributed by atoms with E-state index >= 15 is 0 Å². The van der Waals surface area contributed by atoms with Crippen LogP contribution in [0.3, 0.4) is 0 Å². The van der Waals surface area contributed by atoms with Gasteiger partial charge in [0.15, 0.2) is 0 Å². The first kappa shape index (κ1) is 11.1. The fourth-order valence-electron chi connectivity index (χ4n) is 2.86. The van der Waals surface area contributed by atoms with Crippen LogP contribution >= 0.6 is 11.6 Å². The van der Waals surface area contributed by atoms with Crippen molar-refractivity contribution in [3.05, 3.63) is 34.5 Å². The van der Waals surface area contributed by atoms with Gasteiger partial charge < -0.3 is 10.3 Å². The van der Waals surface area contributed by atoms with Gasteiger partial charge in [-0.05, 0) is 44.5 Å². The van der Waals surface area contributed by atoms with Crippen molar-refractivity contribution in [3.8, 4) is 0 Å². The molecule has 17 heavy (non-hydrogen) atoms. The van der Waals surface area contributed by atoms with Crippen LogP contribution in [0.1, 0.15) is 30.0 Å². The zero-order valence-corrected chi connectivity index (χ0v) is 10.8. The number of benzene rings is 1. The Morgan fingerprint density at radius 3 is 2.71 bits per heavy atom. The summed E-state index contributed by atoms with van der Waals surface area (Å²) >= 11 is 6.24. The molecule has 0 radical (unpaired) electrons. The summed E-state index contributed by atoms with van der Waals surface area (Å²) in [6.45, 7) is 4.44. The van der Waals surface area contributed by atoms with E-state index in [1.54, 1.807) is 0 Å². The molecule has 2 heterocycles. The minimum Gasteiger partial charge on any atom is -0.357 e. The second kappa shape index (κ2) is 4.35. The van der Waals surface area contributed by atoms with E-state index in [0.29, 0.717) is 5.92 Å². The van der Waals surface area contributed by atoms with Crippen molar-refractivity contribution < 1.29 is 0 Å². The van der Waals surface area contributed by atoms with E-state index in [1.807, 2.05) is 12.1 Å². The summed E-state index contributed by atoms with van der Waals surface area (Å²) in [6, 6.07) is 6.13. The minimum atomic E-state index is 0.653. The Balaban J connectivity index is 2.10. The van der Waals surface area contributed by atoms with E-state index in [4.69, 9.17) is 11.6 Å². The summed E-state index contributed by atoms with van der Waals surface area (Å²) in [5.74, 6) is 0.653. The van der Waals surface area contributed by atoms with Crippen LogP contribution in [0, 0.1) is 6.92 Å². The van der Waals surface area contributed by atoms with Gasteiger partial charge in [0.05, 0.1) is 10.5 Å². The van der Waals surface area contributed by atoms with Gasteiger partial charge in [-0.3, -0.25) is 0 Å². The maximum Gasteiger partial charge on any atom is 0.0648 e. The molecular weight excluding hydrogens is 232 g/mol. The Bertz CT molecular complexity index is 538. The lowest BCUT2D eigenvalue weighted by atomic mass is 9.92. The van der Waals surface area contributed by atoms with Gasteiger partial charge >= 0.3 is 0 Å². The number of piperidine rings is 1. The third-order valence-electron chi connectivity index (χ3n) is 3.83. The number of halogens is 1. The number of H-pyrrole nitrogens is 1. The molecule has 0 saturated carbocycles. The molecule has 0 aliphatic carbocycles. The van der Waals surface area contributed by atoms with Crippen molar-refractivity contribution in [2.75, 3.05) is 13.1 Å². The monoisotopic (exact) mass is 248 g/mol. The highest BCUT2D eigenvalue weighted by molar-refractivity contribution is 6.35. The summed E-state index contributed by atoms with van der Waals surface area (Å²) in [7, 11) is 0. The summed E-state index contributed by atoms with van der Waals surface area (Å²) in [5.41, 5.74) is 3.85. The van der Waals surface area contributed by atoms with Crippen LogP contribution in [-0.2, 0) is 0 Å². The number of nitrogens with one attached hydrogen (secondary N) is 2. The van der Waals surface area contributed by atoms with Crippen molar-refractivity contribution in [2.24, 2.45) is 0 Å². The standard InChI is InChI=1S/C14H17ClN2/c1-9-11-3-2-4-12(15)14(11)17-13(9)10-5-7-16-8-6-10/h2-4,10,16-17H,5-8H2,1H3. The van der Waals surface area contributed by atoms with Crippen LogP contribution in [0.5, 0.6) is 0 Å². The van der Waals surface area contributed by atoms with Gasteiger partial charge in [0, 0.05) is 17.0 Å². The zero-order valence-electron chi connectivity index (χ0n) is 10.0. The number of hydrogen-bond acceptors (Lipinski definition) is 1. The van der Waals surface area contributed by atoms with Crippen molar-refractivity contribution in [3.63, 3.8) is 0 Å². The highest BCUT2D eigenvalue weighted by atomic mass is 35.5. The molecule has 90 valence electrons. The number of rotatable bonds is 1. The van der Waals surface area contributed by atoms with E-state index < -0.39 is 0 Å². The first-order valence-electron chi connectivity index (χ1n) is 6.25. The van der Waals surface area contributed by atoms with Crippen LogP contribution in [0.25, 0.3) is 10.9 Å². The minimum absolute atomic E-state index is 0.653. The molecular formula is C14H17ClN2. The summed E-state index contributed by atoms with van der Waals surface area (Å²) in [6.07, 6.45) is 2.43. The molecule has 2 aromatic rings. The van der Waals surface area contributed by atoms with E-state index in [0.717, 1.165) is 23.6 Å². The molecule has 3 rings (SSSR count). The number of hydrogen-bond donors (Lipinski definition) is 2. The maximum absolute atomic E-state index is 6.24. The second-order valence-corrected chi connectivity index (χ2v) is 5.26. The van der Waals surface area contributed by atoms with Gasteiger partial charge in [-0.25, -0.2) is 0 Å². The predicted octanol–water partition coefficient (Wildman–Crippen LogP) is 3.60. The van der Waals surface area contributed by atoms with E-state index in [2.05, 4.69) is 23.3 Å². The molecule has 0 spiro atoms. The van der Waals surface area contributed by atoms with Crippen LogP contribution < -0.4 is 5.32 Å². The number of para-hydroxylation sites is 1. The fourth-order valence-corrected chi connectivity index (χ4v) is 3.08. The molecule has 1 aromatic carbocycles. The largest absolute Gasteiger partial charge is 0.357 e. The maximum atomic E-state index is 6.24. The van der Waals surface area contributed by atoms with Crippen molar-refractivity contribution in [1.82, 2.24) is 10.3 Å². The average Bonchev–Trinajstić information content (AvgIpc) is 2.70. The number of aromatic amines is 1. The summed E-state index contributed by atoms with van der Waals surface area (Å²) < 4.78 is 0. The Hall–Kier alpha value is -0.990. The van der Waals surface area contributed by atoms with Crippen molar-refractivity contribution in [1.29, 1.82) is 0 Å². The topological polar surface area (TPSA) is 27.8 Å². The molecule has 1 aromatic heterocycles. The van der Waals surface area contributed by atoms with Crippen molar-refractivity contribution in [2.45, 2.75) is 25.7 Å². The van der Waals surface area contributed by atoms with Crippen LogP contribution in [0.2, 0.25) is 5.02 Å². The first-order chi connectivity index (χ1) is 8.27. The predicted molar refractivity (Wildman–Crippen MR) is 72.9 cm³/mol. The average molecular weight is 249 g/mol. The molecule has 0 bridgehead atoms. The van der Waals surface area contributed by atoms with Crippen LogP contribution in [0.15, 0.2) is 18.2 Å². The second-order valence-electron chi connectivity index (χ2n) is 4.85. The molecule has 0 amide bonds. The van der Waals surface area contributed by atoms with Gasteiger partial charge in [-0.2, -0.15) is 0 Å².